The van der Waals surface area contributed by atoms with Crippen LogP contribution in [0.25, 0.3) is 0 Å². The zero-order valence-electron chi connectivity index (χ0n) is 12.0. The second-order valence-electron chi connectivity index (χ2n) is 4.60. The van der Waals surface area contributed by atoms with Crippen molar-refractivity contribution in [1.82, 2.24) is 5.32 Å². The molecule has 0 spiro atoms. The van der Waals surface area contributed by atoms with Gasteiger partial charge in [-0.15, -0.1) is 0 Å². The molecular weight excluding hydrogens is 321 g/mol. The highest BCUT2D eigenvalue weighted by Crippen LogP contribution is 2.14. The Morgan fingerprint density at radius 1 is 1.17 bits per heavy atom. The first kappa shape index (κ1) is 16.5. The smallest absolute Gasteiger partial charge is 0.269 e. The lowest BCUT2D eigenvalue weighted by Crippen LogP contribution is -2.40. The van der Waals surface area contributed by atoms with Crippen molar-refractivity contribution < 1.29 is 14.1 Å². The summed E-state index contributed by atoms with van der Waals surface area (Å²) in [5, 5.41) is 13.2. The predicted octanol–water partition coefficient (Wildman–Crippen LogP) is 2.89. The zero-order chi connectivity index (χ0) is 17.0. The Kier molecular flexibility index (Phi) is 4.97. The van der Waals surface area contributed by atoms with Crippen LogP contribution in [0.4, 0.5) is 15.8 Å². The van der Waals surface area contributed by atoms with Crippen LogP contribution in [0.1, 0.15) is 10.4 Å². The Morgan fingerprint density at radius 3 is 2.26 bits per heavy atom. The molecular formula is C15H12FN3O3S. The van der Waals surface area contributed by atoms with E-state index in [0.717, 1.165) is 0 Å². The first-order chi connectivity index (χ1) is 10.9. The Hall–Kier alpha value is -2.87. The van der Waals surface area contributed by atoms with Gasteiger partial charge in [0.1, 0.15) is 5.82 Å². The molecule has 0 saturated heterocycles. The van der Waals surface area contributed by atoms with Crippen LogP contribution in [0.2, 0.25) is 0 Å². The molecule has 1 N–H and O–H groups in total. The second kappa shape index (κ2) is 6.93. The van der Waals surface area contributed by atoms with Gasteiger partial charge in [0.15, 0.2) is 5.11 Å². The number of nitrogens with zero attached hydrogens (tertiary/aromatic N) is 2. The molecule has 23 heavy (non-hydrogen) atoms. The van der Waals surface area contributed by atoms with Crippen molar-refractivity contribution >= 4 is 34.6 Å². The summed E-state index contributed by atoms with van der Waals surface area (Å²) in [6.45, 7) is 0. The van der Waals surface area contributed by atoms with Crippen LogP contribution >= 0.6 is 12.2 Å². The quantitative estimate of drug-likeness (QED) is 0.531. The van der Waals surface area contributed by atoms with Gasteiger partial charge >= 0.3 is 0 Å². The number of nitrogens with one attached hydrogen (secondary N) is 1. The topological polar surface area (TPSA) is 75.5 Å². The van der Waals surface area contributed by atoms with E-state index < -0.39 is 10.8 Å². The summed E-state index contributed by atoms with van der Waals surface area (Å²) in [5.74, 6) is -0.859. The second-order valence-corrected chi connectivity index (χ2v) is 4.99. The molecule has 0 heterocycles. The van der Waals surface area contributed by atoms with Crippen LogP contribution < -0.4 is 10.2 Å². The largest absolute Gasteiger partial charge is 0.322 e. The number of rotatable bonds is 3. The summed E-state index contributed by atoms with van der Waals surface area (Å²) in [7, 11) is 1.63. The molecule has 0 saturated carbocycles. The Balaban J connectivity index is 2.05. The predicted molar refractivity (Wildman–Crippen MR) is 88.0 cm³/mol. The van der Waals surface area contributed by atoms with E-state index in [4.69, 9.17) is 12.2 Å². The SMILES string of the molecule is CN(C(=S)NC(=O)c1ccc([N+](=O)[O-])cc1)c1ccc(F)cc1. The van der Waals surface area contributed by atoms with Crippen molar-refractivity contribution in [3.05, 3.63) is 70.0 Å². The fraction of sp³-hybridized carbons (Fsp3) is 0.0667. The van der Waals surface area contributed by atoms with Gasteiger partial charge in [0.25, 0.3) is 11.6 Å². The van der Waals surface area contributed by atoms with Gasteiger partial charge in [-0.05, 0) is 48.6 Å². The van der Waals surface area contributed by atoms with E-state index in [0.29, 0.717) is 5.69 Å². The van der Waals surface area contributed by atoms with Gasteiger partial charge in [-0.3, -0.25) is 20.2 Å². The van der Waals surface area contributed by atoms with Crippen molar-refractivity contribution in [2.45, 2.75) is 0 Å². The molecule has 0 atom stereocenters. The number of carbonyl (C=O) groups excluding carboxylic acids is 1. The molecule has 0 unspecified atom stereocenters. The Morgan fingerprint density at radius 2 is 1.74 bits per heavy atom. The molecule has 6 nitrogen and oxygen atoms in total. The highest BCUT2D eigenvalue weighted by Gasteiger charge is 2.13. The number of non-ortho nitro benzene ring substituents is 1. The third-order valence-electron chi connectivity index (χ3n) is 3.08. The first-order valence-electron chi connectivity index (χ1n) is 6.47. The maximum Gasteiger partial charge on any atom is 0.269 e. The molecule has 0 radical (unpaired) electrons. The third kappa shape index (κ3) is 4.07. The van der Waals surface area contributed by atoms with Gasteiger partial charge in [0.2, 0.25) is 0 Å². The number of amides is 1. The normalized spacial score (nSPS) is 10.0. The summed E-state index contributed by atoms with van der Waals surface area (Å²) in [5.41, 5.74) is 0.749. The molecule has 0 aliphatic rings. The van der Waals surface area contributed by atoms with Gasteiger partial charge < -0.3 is 4.90 Å². The van der Waals surface area contributed by atoms with Crippen molar-refractivity contribution in [2.24, 2.45) is 0 Å². The zero-order valence-corrected chi connectivity index (χ0v) is 12.8. The molecule has 0 aliphatic carbocycles. The van der Waals surface area contributed by atoms with Crippen LogP contribution in [-0.4, -0.2) is 23.0 Å². The molecule has 0 aliphatic heterocycles. The monoisotopic (exact) mass is 333 g/mol. The van der Waals surface area contributed by atoms with Gasteiger partial charge in [0.05, 0.1) is 4.92 Å². The van der Waals surface area contributed by atoms with E-state index >= 15 is 0 Å². The number of nitro benzene ring substituents is 1. The van der Waals surface area contributed by atoms with Crippen LogP contribution in [0, 0.1) is 15.9 Å². The fourth-order valence-electron chi connectivity index (χ4n) is 1.77. The summed E-state index contributed by atoms with van der Waals surface area (Å²) in [6.07, 6.45) is 0. The van der Waals surface area contributed by atoms with Crippen molar-refractivity contribution in [3.63, 3.8) is 0 Å². The van der Waals surface area contributed by atoms with Gasteiger partial charge in [-0.2, -0.15) is 0 Å². The van der Waals surface area contributed by atoms with Crippen LogP contribution in [0.15, 0.2) is 48.5 Å². The molecule has 0 aromatic heterocycles. The van der Waals surface area contributed by atoms with Crippen molar-refractivity contribution in [1.29, 1.82) is 0 Å². The van der Waals surface area contributed by atoms with E-state index in [1.807, 2.05) is 0 Å². The Labute approximate surface area is 136 Å². The highest BCUT2D eigenvalue weighted by molar-refractivity contribution is 7.80. The van der Waals surface area contributed by atoms with Crippen LogP contribution in [0.3, 0.4) is 0 Å². The average Bonchev–Trinajstić information content (AvgIpc) is 2.54. The third-order valence-corrected chi connectivity index (χ3v) is 3.46. The summed E-state index contributed by atoms with van der Waals surface area (Å²) in [4.78, 5) is 23.6. The van der Waals surface area contributed by atoms with E-state index in [2.05, 4.69) is 5.32 Å². The number of hydrogen-bond acceptors (Lipinski definition) is 4. The number of nitro groups is 1. The summed E-state index contributed by atoms with van der Waals surface area (Å²) < 4.78 is 12.9. The molecule has 2 aromatic rings. The highest BCUT2D eigenvalue weighted by atomic mass is 32.1. The van der Waals surface area contributed by atoms with Crippen LogP contribution in [-0.2, 0) is 0 Å². The molecule has 1 amide bonds. The number of benzene rings is 2. The number of thiocarbonyl (C=S) groups is 1. The van der Waals surface area contributed by atoms with E-state index in [1.54, 1.807) is 7.05 Å². The van der Waals surface area contributed by atoms with E-state index in [9.17, 15) is 19.3 Å². The minimum absolute atomic E-state index is 0.104. The molecule has 2 rings (SSSR count). The van der Waals surface area contributed by atoms with E-state index in [-0.39, 0.29) is 22.2 Å². The molecule has 2 aromatic carbocycles. The lowest BCUT2D eigenvalue weighted by molar-refractivity contribution is -0.384. The van der Waals surface area contributed by atoms with E-state index in [1.165, 1.54) is 53.4 Å². The van der Waals surface area contributed by atoms with Gasteiger partial charge in [-0.25, -0.2) is 4.39 Å². The maximum atomic E-state index is 12.9. The van der Waals surface area contributed by atoms with Gasteiger partial charge in [-0.1, -0.05) is 0 Å². The summed E-state index contributed by atoms with van der Waals surface area (Å²) in [6, 6.07) is 10.8. The van der Waals surface area contributed by atoms with Gasteiger partial charge in [0, 0.05) is 30.4 Å². The standard InChI is InChI=1S/C15H12FN3O3S/c1-18(12-8-4-11(16)5-9-12)15(23)17-14(20)10-2-6-13(7-3-10)19(21)22/h2-9H,1H3,(H,17,20,23). The fourth-order valence-corrected chi connectivity index (χ4v) is 1.97. The summed E-state index contributed by atoms with van der Waals surface area (Å²) >= 11 is 5.13. The number of halogens is 1. The minimum atomic E-state index is -0.547. The first-order valence-corrected chi connectivity index (χ1v) is 6.88. The molecule has 0 bridgehead atoms. The van der Waals surface area contributed by atoms with Crippen molar-refractivity contribution in [3.8, 4) is 0 Å². The lowest BCUT2D eigenvalue weighted by Gasteiger charge is -2.20. The number of carbonyl (C=O) groups is 1. The molecule has 0 fully saturated rings. The maximum absolute atomic E-state index is 12.9. The Bertz CT molecular complexity index is 748. The van der Waals surface area contributed by atoms with Crippen LogP contribution in [0.5, 0.6) is 0 Å². The average molecular weight is 333 g/mol. The lowest BCUT2D eigenvalue weighted by atomic mass is 10.2. The minimum Gasteiger partial charge on any atom is -0.322 e. The molecule has 8 heteroatoms. The number of hydrogen-bond donors (Lipinski definition) is 1. The molecule has 118 valence electrons. The van der Waals surface area contributed by atoms with Crippen molar-refractivity contribution in [2.75, 3.05) is 11.9 Å². The number of anilines is 1.